The number of benzene rings is 2. The predicted octanol–water partition coefficient (Wildman–Crippen LogP) is 4.57. The van der Waals surface area contributed by atoms with Gasteiger partial charge in [-0.25, -0.2) is 0 Å². The van der Waals surface area contributed by atoms with Gasteiger partial charge in [-0.2, -0.15) is 0 Å². The van der Waals surface area contributed by atoms with Gasteiger partial charge >= 0.3 is 0 Å². The van der Waals surface area contributed by atoms with Crippen LogP contribution >= 0.6 is 23.4 Å². The first kappa shape index (κ1) is 18.7. The number of likely N-dealkylation sites (tertiary alicyclic amines) is 1. The van der Waals surface area contributed by atoms with Crippen LogP contribution in [0.25, 0.3) is 0 Å². The number of nitrogens with zero attached hydrogens (tertiary/aromatic N) is 2. The van der Waals surface area contributed by atoms with E-state index in [-0.39, 0.29) is 17.6 Å². The van der Waals surface area contributed by atoms with Crippen LogP contribution in [0.3, 0.4) is 0 Å². The average molecular weight is 391 g/mol. The van der Waals surface area contributed by atoms with Crippen molar-refractivity contribution in [3.05, 3.63) is 69.2 Å². The van der Waals surface area contributed by atoms with E-state index in [1.54, 1.807) is 12.1 Å². The molecule has 3 rings (SSSR count). The number of thioether (sulfide) groups is 1. The topological polar surface area (TPSA) is 63.4 Å². The Morgan fingerprint density at radius 3 is 2.65 bits per heavy atom. The molecule has 1 saturated heterocycles. The summed E-state index contributed by atoms with van der Waals surface area (Å²) in [6.45, 7) is 0.773. The minimum absolute atomic E-state index is 0.0556. The molecule has 1 amide bonds. The first-order chi connectivity index (χ1) is 12.5. The lowest BCUT2D eigenvalue weighted by Crippen LogP contribution is -2.38. The van der Waals surface area contributed by atoms with Crippen LogP contribution in [-0.2, 0) is 11.2 Å². The number of rotatable bonds is 6. The third-order valence-electron chi connectivity index (χ3n) is 4.52. The van der Waals surface area contributed by atoms with Gasteiger partial charge in [-0.15, -0.1) is 11.8 Å². The van der Waals surface area contributed by atoms with E-state index in [0.29, 0.717) is 5.75 Å². The molecule has 136 valence electrons. The Balaban J connectivity index is 1.58. The molecule has 0 aliphatic carbocycles. The number of non-ortho nitro benzene ring substituents is 1. The molecule has 0 spiro atoms. The molecule has 0 radical (unpaired) electrons. The number of hydrogen-bond acceptors (Lipinski definition) is 4. The first-order valence-electron chi connectivity index (χ1n) is 8.45. The number of carbonyl (C=O) groups is 1. The van der Waals surface area contributed by atoms with Crippen molar-refractivity contribution >= 4 is 35.0 Å². The van der Waals surface area contributed by atoms with E-state index in [1.165, 1.54) is 23.9 Å². The summed E-state index contributed by atoms with van der Waals surface area (Å²) in [5, 5.41) is 11.4. The second-order valence-corrected chi connectivity index (χ2v) is 7.67. The van der Waals surface area contributed by atoms with E-state index in [2.05, 4.69) is 0 Å². The van der Waals surface area contributed by atoms with Gasteiger partial charge in [0.25, 0.3) is 5.69 Å². The van der Waals surface area contributed by atoms with Crippen molar-refractivity contribution < 1.29 is 9.72 Å². The highest BCUT2D eigenvalue weighted by Gasteiger charge is 2.29. The minimum atomic E-state index is -0.427. The Bertz CT molecular complexity index is 798. The first-order valence-corrected chi connectivity index (χ1v) is 9.81. The number of nitro benzene ring substituents is 1. The summed E-state index contributed by atoms with van der Waals surface area (Å²) in [6, 6.07) is 14.2. The molecule has 0 saturated carbocycles. The fourth-order valence-corrected chi connectivity index (χ4v) is 4.18. The Labute approximate surface area is 161 Å². The summed E-state index contributed by atoms with van der Waals surface area (Å²) < 4.78 is 0. The molecule has 5 nitrogen and oxygen atoms in total. The van der Waals surface area contributed by atoms with Crippen molar-refractivity contribution in [2.75, 3.05) is 12.3 Å². The predicted molar refractivity (Wildman–Crippen MR) is 104 cm³/mol. The van der Waals surface area contributed by atoms with E-state index >= 15 is 0 Å². The standard InChI is InChI=1S/C19H19ClN2O3S/c20-18-6-2-1-4-14(18)12-16-5-3-11-21(16)19(23)13-26-17-9-7-15(8-10-17)22(24)25/h1-2,4,6-10,16H,3,5,11-13H2. The number of hydrogen-bond donors (Lipinski definition) is 0. The fourth-order valence-electron chi connectivity index (χ4n) is 3.19. The second kappa shape index (κ2) is 8.56. The van der Waals surface area contributed by atoms with E-state index in [0.717, 1.165) is 41.3 Å². The Kier molecular flexibility index (Phi) is 6.16. The zero-order valence-corrected chi connectivity index (χ0v) is 15.7. The van der Waals surface area contributed by atoms with Gasteiger partial charge in [-0.1, -0.05) is 29.8 Å². The van der Waals surface area contributed by atoms with Crippen molar-refractivity contribution in [3.63, 3.8) is 0 Å². The van der Waals surface area contributed by atoms with E-state index in [1.807, 2.05) is 29.2 Å². The number of halogens is 1. The molecular weight excluding hydrogens is 372 g/mol. The molecule has 1 fully saturated rings. The highest BCUT2D eigenvalue weighted by Crippen LogP contribution is 2.27. The average Bonchev–Trinajstić information content (AvgIpc) is 3.10. The lowest BCUT2D eigenvalue weighted by molar-refractivity contribution is -0.384. The largest absolute Gasteiger partial charge is 0.339 e. The maximum atomic E-state index is 12.6. The zero-order valence-electron chi connectivity index (χ0n) is 14.1. The van der Waals surface area contributed by atoms with Crippen LogP contribution in [0.2, 0.25) is 5.02 Å². The van der Waals surface area contributed by atoms with Crippen LogP contribution in [0.4, 0.5) is 5.69 Å². The molecule has 0 bridgehead atoms. The van der Waals surface area contributed by atoms with Gasteiger partial charge in [0.1, 0.15) is 0 Å². The monoisotopic (exact) mass is 390 g/mol. The van der Waals surface area contributed by atoms with Crippen LogP contribution < -0.4 is 0 Å². The molecule has 1 heterocycles. The fraction of sp³-hybridized carbons (Fsp3) is 0.316. The van der Waals surface area contributed by atoms with Crippen LogP contribution in [0.15, 0.2) is 53.4 Å². The maximum Gasteiger partial charge on any atom is 0.269 e. The van der Waals surface area contributed by atoms with Crippen LogP contribution in [0.1, 0.15) is 18.4 Å². The summed E-state index contributed by atoms with van der Waals surface area (Å²) in [5.74, 6) is 0.430. The van der Waals surface area contributed by atoms with Crippen LogP contribution in [0, 0.1) is 10.1 Å². The molecule has 1 aliphatic heterocycles. The van der Waals surface area contributed by atoms with E-state index < -0.39 is 4.92 Å². The molecule has 2 aromatic rings. The quantitative estimate of drug-likeness (QED) is 0.411. The molecule has 26 heavy (non-hydrogen) atoms. The smallest absolute Gasteiger partial charge is 0.269 e. The van der Waals surface area contributed by atoms with Gasteiger partial charge in [0.15, 0.2) is 0 Å². The molecular formula is C19H19ClN2O3S. The Morgan fingerprint density at radius 1 is 1.23 bits per heavy atom. The van der Waals surface area contributed by atoms with Crippen molar-refractivity contribution in [2.24, 2.45) is 0 Å². The highest BCUT2D eigenvalue weighted by atomic mass is 35.5. The van der Waals surface area contributed by atoms with Crippen molar-refractivity contribution in [2.45, 2.75) is 30.2 Å². The molecule has 2 aromatic carbocycles. The molecule has 7 heteroatoms. The molecule has 0 N–H and O–H groups in total. The van der Waals surface area contributed by atoms with Crippen LogP contribution in [0.5, 0.6) is 0 Å². The molecule has 1 atom stereocenters. The molecule has 1 aliphatic rings. The van der Waals surface area contributed by atoms with Gasteiger partial charge in [-0.3, -0.25) is 14.9 Å². The SMILES string of the molecule is O=C(CSc1ccc([N+](=O)[O-])cc1)N1CCCC1Cc1ccccc1Cl. The second-order valence-electron chi connectivity index (χ2n) is 6.22. The van der Waals surface area contributed by atoms with Gasteiger partial charge < -0.3 is 4.90 Å². The number of nitro groups is 1. The molecule has 0 aromatic heterocycles. The third-order valence-corrected chi connectivity index (χ3v) is 5.89. The van der Waals surface area contributed by atoms with E-state index in [9.17, 15) is 14.9 Å². The lowest BCUT2D eigenvalue weighted by Gasteiger charge is -2.25. The summed E-state index contributed by atoms with van der Waals surface area (Å²) in [5.41, 5.74) is 1.13. The minimum Gasteiger partial charge on any atom is -0.339 e. The number of amides is 1. The lowest BCUT2D eigenvalue weighted by atomic mass is 10.0. The number of carbonyl (C=O) groups excluding carboxylic acids is 1. The van der Waals surface area contributed by atoms with E-state index in [4.69, 9.17) is 11.6 Å². The van der Waals surface area contributed by atoms with Gasteiger partial charge in [-0.05, 0) is 43.0 Å². The normalized spacial score (nSPS) is 16.7. The maximum absolute atomic E-state index is 12.6. The van der Waals surface area contributed by atoms with Crippen LogP contribution in [-0.4, -0.2) is 34.1 Å². The van der Waals surface area contributed by atoms with Crippen molar-refractivity contribution in [3.8, 4) is 0 Å². The highest BCUT2D eigenvalue weighted by molar-refractivity contribution is 8.00. The van der Waals surface area contributed by atoms with Gasteiger partial charge in [0, 0.05) is 34.6 Å². The summed E-state index contributed by atoms with van der Waals surface area (Å²) in [4.78, 5) is 25.7. The Morgan fingerprint density at radius 2 is 1.96 bits per heavy atom. The summed E-state index contributed by atoms with van der Waals surface area (Å²) in [6.07, 6.45) is 2.76. The zero-order chi connectivity index (χ0) is 18.5. The van der Waals surface area contributed by atoms with Gasteiger partial charge in [0.05, 0.1) is 10.7 Å². The van der Waals surface area contributed by atoms with Gasteiger partial charge in [0.2, 0.25) is 5.91 Å². The molecule has 1 unspecified atom stereocenters. The summed E-state index contributed by atoms with van der Waals surface area (Å²) >= 11 is 7.66. The summed E-state index contributed by atoms with van der Waals surface area (Å²) in [7, 11) is 0. The Hall–Kier alpha value is -2.05. The van der Waals surface area contributed by atoms with Crippen molar-refractivity contribution in [1.29, 1.82) is 0 Å². The third kappa shape index (κ3) is 4.56. The van der Waals surface area contributed by atoms with Crippen molar-refractivity contribution in [1.82, 2.24) is 4.90 Å².